The van der Waals surface area contributed by atoms with Crippen molar-refractivity contribution in [2.45, 2.75) is 12.8 Å². The highest BCUT2D eigenvalue weighted by molar-refractivity contribution is 5.94. The maximum Gasteiger partial charge on any atom is 0.251 e. The van der Waals surface area contributed by atoms with Crippen molar-refractivity contribution >= 4 is 16.9 Å². The standard InChI is InChI=1S/C22H26N4O2/c1-28-15-22(10-12-23-13-11-22)14-24-21(27)17-6-8-18(9-7-17)26-16-25-19-4-2-3-5-20(19)26/h2-9,16,23H,10-15H2,1H3,(H,24,27). The minimum absolute atomic E-state index is 0.0192. The summed E-state index contributed by atoms with van der Waals surface area (Å²) >= 11 is 0. The largest absolute Gasteiger partial charge is 0.384 e. The zero-order chi connectivity index (χ0) is 19.4. The molecule has 1 aromatic heterocycles. The van der Waals surface area contributed by atoms with E-state index in [-0.39, 0.29) is 11.3 Å². The monoisotopic (exact) mass is 378 g/mol. The number of hydrogen-bond donors (Lipinski definition) is 2. The maximum absolute atomic E-state index is 12.7. The van der Waals surface area contributed by atoms with Gasteiger partial charge in [-0.05, 0) is 62.3 Å². The van der Waals surface area contributed by atoms with Gasteiger partial charge in [0.1, 0.15) is 6.33 Å². The zero-order valence-electron chi connectivity index (χ0n) is 16.1. The number of aromatic nitrogens is 2. The number of nitrogens with one attached hydrogen (secondary N) is 2. The Labute approximate surface area is 164 Å². The number of hydrogen-bond acceptors (Lipinski definition) is 4. The molecule has 2 N–H and O–H groups in total. The smallest absolute Gasteiger partial charge is 0.251 e. The molecular weight excluding hydrogens is 352 g/mol. The van der Waals surface area contributed by atoms with Crippen LogP contribution < -0.4 is 10.6 Å². The summed E-state index contributed by atoms with van der Waals surface area (Å²) in [6.45, 7) is 3.23. The lowest BCUT2D eigenvalue weighted by Crippen LogP contribution is -2.47. The van der Waals surface area contributed by atoms with Gasteiger partial charge in [0.25, 0.3) is 5.91 Å². The van der Waals surface area contributed by atoms with E-state index in [4.69, 9.17) is 4.74 Å². The highest BCUT2D eigenvalue weighted by Crippen LogP contribution is 2.28. The molecule has 0 aliphatic carbocycles. The van der Waals surface area contributed by atoms with Gasteiger partial charge in [-0.25, -0.2) is 4.98 Å². The molecule has 6 heteroatoms. The van der Waals surface area contributed by atoms with E-state index < -0.39 is 0 Å². The van der Waals surface area contributed by atoms with Gasteiger partial charge in [-0.15, -0.1) is 0 Å². The molecule has 3 aromatic rings. The molecule has 2 heterocycles. The number of rotatable bonds is 6. The number of ether oxygens (including phenoxy) is 1. The predicted molar refractivity (Wildman–Crippen MR) is 110 cm³/mol. The van der Waals surface area contributed by atoms with Crippen molar-refractivity contribution in [1.82, 2.24) is 20.2 Å². The lowest BCUT2D eigenvalue weighted by molar-refractivity contribution is 0.0512. The van der Waals surface area contributed by atoms with Gasteiger partial charge in [-0.1, -0.05) is 12.1 Å². The molecule has 1 aliphatic rings. The van der Waals surface area contributed by atoms with Gasteiger partial charge in [-0.2, -0.15) is 0 Å². The molecule has 0 saturated carbocycles. The van der Waals surface area contributed by atoms with E-state index in [1.165, 1.54) is 0 Å². The number of nitrogens with zero attached hydrogens (tertiary/aromatic N) is 2. The number of carbonyl (C=O) groups is 1. The molecule has 0 unspecified atom stereocenters. The summed E-state index contributed by atoms with van der Waals surface area (Å²) in [7, 11) is 1.73. The van der Waals surface area contributed by atoms with Gasteiger partial charge >= 0.3 is 0 Å². The first-order valence-electron chi connectivity index (χ1n) is 9.71. The Bertz CT molecular complexity index is 937. The second kappa shape index (κ2) is 8.12. The fraction of sp³-hybridized carbons (Fsp3) is 0.364. The second-order valence-electron chi connectivity index (χ2n) is 7.52. The van der Waals surface area contributed by atoms with Gasteiger partial charge in [0.2, 0.25) is 0 Å². The highest BCUT2D eigenvalue weighted by atomic mass is 16.5. The van der Waals surface area contributed by atoms with Crippen molar-refractivity contribution < 1.29 is 9.53 Å². The molecular formula is C22H26N4O2. The van der Waals surface area contributed by atoms with E-state index in [9.17, 15) is 4.79 Å². The summed E-state index contributed by atoms with van der Waals surface area (Å²) in [5, 5.41) is 6.49. The van der Waals surface area contributed by atoms with Crippen LogP contribution in [0.5, 0.6) is 0 Å². The summed E-state index contributed by atoms with van der Waals surface area (Å²) < 4.78 is 7.45. The topological polar surface area (TPSA) is 68.2 Å². The summed E-state index contributed by atoms with van der Waals surface area (Å²) in [6.07, 6.45) is 3.83. The molecule has 0 atom stereocenters. The minimum Gasteiger partial charge on any atom is -0.384 e. The number of carbonyl (C=O) groups excluding carboxylic acids is 1. The molecule has 28 heavy (non-hydrogen) atoms. The van der Waals surface area contributed by atoms with Gasteiger partial charge in [0, 0.05) is 30.3 Å². The molecule has 1 amide bonds. The third kappa shape index (κ3) is 3.79. The third-order valence-corrected chi connectivity index (χ3v) is 5.60. The minimum atomic E-state index is -0.0453. The first-order chi connectivity index (χ1) is 13.7. The quantitative estimate of drug-likeness (QED) is 0.692. The fourth-order valence-electron chi connectivity index (χ4n) is 3.94. The van der Waals surface area contributed by atoms with Crippen LogP contribution in [0.15, 0.2) is 54.9 Å². The number of para-hydroxylation sites is 2. The Kier molecular flexibility index (Phi) is 5.41. The van der Waals surface area contributed by atoms with Crippen LogP contribution in [0.3, 0.4) is 0 Å². The number of piperidine rings is 1. The molecule has 0 radical (unpaired) electrons. The number of benzene rings is 2. The summed E-state index contributed by atoms with van der Waals surface area (Å²) in [6, 6.07) is 15.7. The lowest BCUT2D eigenvalue weighted by Gasteiger charge is -2.37. The summed E-state index contributed by atoms with van der Waals surface area (Å²) in [4.78, 5) is 17.1. The average Bonchev–Trinajstić information content (AvgIpc) is 3.17. The van der Waals surface area contributed by atoms with Gasteiger partial charge in [0.15, 0.2) is 0 Å². The van der Waals surface area contributed by atoms with Crippen LogP contribution in [0.2, 0.25) is 0 Å². The van der Waals surface area contributed by atoms with Crippen LogP contribution in [0.25, 0.3) is 16.7 Å². The molecule has 6 nitrogen and oxygen atoms in total. The maximum atomic E-state index is 12.7. The Morgan fingerprint density at radius 3 is 2.68 bits per heavy atom. The van der Waals surface area contributed by atoms with Crippen molar-refractivity contribution in [3.63, 3.8) is 0 Å². The third-order valence-electron chi connectivity index (χ3n) is 5.60. The van der Waals surface area contributed by atoms with Crippen LogP contribution in [0.4, 0.5) is 0 Å². The predicted octanol–water partition coefficient (Wildman–Crippen LogP) is 2.77. The van der Waals surface area contributed by atoms with E-state index in [2.05, 4.69) is 15.6 Å². The lowest BCUT2D eigenvalue weighted by atomic mass is 9.79. The molecule has 146 valence electrons. The Hall–Kier alpha value is -2.70. The van der Waals surface area contributed by atoms with Crippen molar-refractivity contribution in [1.29, 1.82) is 0 Å². The van der Waals surface area contributed by atoms with Crippen LogP contribution in [-0.2, 0) is 4.74 Å². The summed E-state index contributed by atoms with van der Waals surface area (Å²) in [5.41, 5.74) is 3.67. The normalized spacial score (nSPS) is 16.2. The number of imidazole rings is 1. The molecule has 4 rings (SSSR count). The van der Waals surface area contributed by atoms with Gasteiger partial charge in [0.05, 0.1) is 17.6 Å². The molecule has 1 saturated heterocycles. The van der Waals surface area contributed by atoms with Crippen LogP contribution in [-0.4, -0.2) is 48.8 Å². The van der Waals surface area contributed by atoms with E-state index in [0.717, 1.165) is 42.7 Å². The van der Waals surface area contributed by atoms with Gasteiger partial charge < -0.3 is 15.4 Å². The molecule has 1 fully saturated rings. The van der Waals surface area contributed by atoms with E-state index in [0.29, 0.717) is 18.7 Å². The van der Waals surface area contributed by atoms with Crippen molar-refractivity contribution in [3.05, 3.63) is 60.4 Å². The van der Waals surface area contributed by atoms with Crippen LogP contribution in [0, 0.1) is 5.41 Å². The number of fused-ring (bicyclic) bond motifs is 1. The molecule has 1 aliphatic heterocycles. The molecule has 0 spiro atoms. The highest BCUT2D eigenvalue weighted by Gasteiger charge is 2.32. The Morgan fingerprint density at radius 1 is 1.18 bits per heavy atom. The van der Waals surface area contributed by atoms with E-state index in [1.54, 1.807) is 7.11 Å². The van der Waals surface area contributed by atoms with Crippen LogP contribution in [0.1, 0.15) is 23.2 Å². The molecule has 2 aromatic carbocycles. The van der Waals surface area contributed by atoms with Gasteiger partial charge in [-0.3, -0.25) is 9.36 Å². The van der Waals surface area contributed by atoms with E-state index >= 15 is 0 Å². The summed E-state index contributed by atoms with van der Waals surface area (Å²) in [5.74, 6) is -0.0453. The average molecular weight is 378 g/mol. The van der Waals surface area contributed by atoms with Crippen molar-refractivity contribution in [3.8, 4) is 5.69 Å². The zero-order valence-corrected chi connectivity index (χ0v) is 16.1. The molecule has 0 bridgehead atoms. The van der Waals surface area contributed by atoms with Crippen molar-refractivity contribution in [2.75, 3.05) is 33.4 Å². The number of methoxy groups -OCH3 is 1. The SMILES string of the molecule is COCC1(CNC(=O)c2ccc(-n3cnc4ccccc43)cc2)CCNCC1. The first-order valence-corrected chi connectivity index (χ1v) is 9.71. The van der Waals surface area contributed by atoms with E-state index in [1.807, 2.05) is 59.4 Å². The fourth-order valence-corrected chi connectivity index (χ4v) is 3.94. The Balaban J connectivity index is 1.45. The van der Waals surface area contributed by atoms with Crippen LogP contribution >= 0.6 is 0 Å². The first kappa shape index (κ1) is 18.7. The number of amides is 1. The second-order valence-corrected chi connectivity index (χ2v) is 7.52. The Morgan fingerprint density at radius 2 is 1.93 bits per heavy atom. The van der Waals surface area contributed by atoms with Crippen molar-refractivity contribution in [2.24, 2.45) is 5.41 Å².